The molecule has 0 unspecified atom stereocenters. The first-order valence-corrected chi connectivity index (χ1v) is 8.51. The van der Waals surface area contributed by atoms with Crippen LogP contribution >= 0.6 is 31.9 Å². The van der Waals surface area contributed by atoms with Gasteiger partial charge in [-0.25, -0.2) is 0 Å². The number of carbonyl (C=O) groups is 1. The third-order valence-electron chi connectivity index (χ3n) is 3.69. The summed E-state index contributed by atoms with van der Waals surface area (Å²) >= 11 is 6.67. The van der Waals surface area contributed by atoms with Crippen LogP contribution in [0.15, 0.2) is 21.5 Å². The summed E-state index contributed by atoms with van der Waals surface area (Å²) in [6.07, 6.45) is 3.91. The van der Waals surface area contributed by atoms with Crippen molar-refractivity contribution in [3.8, 4) is 0 Å². The molecule has 2 aromatic heterocycles. The number of nitrogens with zero attached hydrogens (tertiary/aromatic N) is 5. The van der Waals surface area contributed by atoms with Crippen molar-refractivity contribution in [1.82, 2.24) is 29.8 Å². The van der Waals surface area contributed by atoms with Gasteiger partial charge < -0.3 is 4.90 Å². The molecule has 0 atom stereocenters. The van der Waals surface area contributed by atoms with E-state index in [1.165, 1.54) is 5.56 Å². The van der Waals surface area contributed by atoms with Crippen molar-refractivity contribution in [1.29, 1.82) is 0 Å². The molecular formula is C13H16Br2N6O. The van der Waals surface area contributed by atoms with Gasteiger partial charge in [0, 0.05) is 51.5 Å². The lowest BCUT2D eigenvalue weighted by Gasteiger charge is -2.34. The lowest BCUT2D eigenvalue weighted by molar-refractivity contribution is 0.0622. The Morgan fingerprint density at radius 2 is 2.05 bits per heavy atom. The Labute approximate surface area is 144 Å². The van der Waals surface area contributed by atoms with Crippen LogP contribution in [0.3, 0.4) is 0 Å². The fraction of sp³-hybridized carbons (Fsp3) is 0.462. The molecule has 9 heteroatoms. The number of aromatic amines is 1. The van der Waals surface area contributed by atoms with Gasteiger partial charge in [-0.05, 0) is 31.9 Å². The zero-order valence-corrected chi connectivity index (χ0v) is 15.3. The Morgan fingerprint density at radius 3 is 2.59 bits per heavy atom. The number of hydrogen-bond acceptors (Lipinski definition) is 4. The maximum atomic E-state index is 12.5. The number of carbonyl (C=O) groups excluding carboxylic acids is 1. The van der Waals surface area contributed by atoms with Crippen LogP contribution in [0.25, 0.3) is 0 Å². The summed E-state index contributed by atoms with van der Waals surface area (Å²) in [6.45, 7) is 3.98. The van der Waals surface area contributed by atoms with Crippen LogP contribution in [-0.2, 0) is 13.6 Å². The maximum Gasteiger partial charge on any atom is 0.275 e. The van der Waals surface area contributed by atoms with Crippen LogP contribution in [-0.4, -0.2) is 61.9 Å². The second kappa shape index (κ2) is 6.51. The van der Waals surface area contributed by atoms with E-state index in [2.05, 4.69) is 52.1 Å². The van der Waals surface area contributed by atoms with Crippen molar-refractivity contribution >= 4 is 37.8 Å². The third-order valence-corrected chi connectivity index (χ3v) is 5.57. The number of aromatic nitrogens is 4. The number of nitrogens with one attached hydrogen (secondary N) is 1. The highest BCUT2D eigenvalue weighted by atomic mass is 79.9. The highest BCUT2D eigenvalue weighted by molar-refractivity contribution is 9.13. The molecule has 0 bridgehead atoms. The highest BCUT2D eigenvalue weighted by Crippen LogP contribution is 2.25. The van der Waals surface area contributed by atoms with E-state index in [1.807, 2.05) is 29.0 Å². The largest absolute Gasteiger partial charge is 0.335 e. The second-order valence-electron chi connectivity index (χ2n) is 5.29. The monoisotopic (exact) mass is 430 g/mol. The van der Waals surface area contributed by atoms with Gasteiger partial charge in [-0.3, -0.25) is 19.5 Å². The number of amides is 1. The van der Waals surface area contributed by atoms with Gasteiger partial charge in [0.1, 0.15) is 4.60 Å². The Hall–Kier alpha value is -1.19. The first-order valence-electron chi connectivity index (χ1n) is 6.93. The molecule has 1 amide bonds. The standard InChI is InChI=1S/C13H16Br2N6O/c1-19-7-9(6-16-19)8-20-2-4-21(5-3-20)13(22)11-10(14)12(15)18-17-11/h6-7H,2-5,8H2,1H3,(H,17,18). The van der Waals surface area contributed by atoms with E-state index in [9.17, 15) is 4.79 Å². The van der Waals surface area contributed by atoms with Crippen LogP contribution in [0, 0.1) is 0 Å². The van der Waals surface area contributed by atoms with Gasteiger partial charge >= 0.3 is 0 Å². The van der Waals surface area contributed by atoms with E-state index in [1.54, 1.807) is 0 Å². The molecule has 3 rings (SSSR count). The first kappa shape index (κ1) is 15.7. The summed E-state index contributed by atoms with van der Waals surface area (Å²) in [4.78, 5) is 16.6. The third kappa shape index (κ3) is 3.26. The molecule has 0 radical (unpaired) electrons. The Bertz CT molecular complexity index is 674. The SMILES string of the molecule is Cn1cc(CN2CCN(C(=O)c3n[nH]c(Br)c3Br)CC2)cn1. The second-order valence-corrected chi connectivity index (χ2v) is 6.88. The van der Waals surface area contributed by atoms with Gasteiger partial charge in [0.2, 0.25) is 0 Å². The number of aryl methyl sites for hydroxylation is 1. The van der Waals surface area contributed by atoms with Crippen molar-refractivity contribution < 1.29 is 4.79 Å². The van der Waals surface area contributed by atoms with Crippen molar-refractivity contribution in [3.05, 3.63) is 32.7 Å². The zero-order valence-electron chi connectivity index (χ0n) is 12.1. The molecule has 0 spiro atoms. The lowest BCUT2D eigenvalue weighted by atomic mass is 10.2. The van der Waals surface area contributed by atoms with Crippen LogP contribution in [0.4, 0.5) is 0 Å². The van der Waals surface area contributed by atoms with Crippen molar-refractivity contribution in [2.75, 3.05) is 26.2 Å². The van der Waals surface area contributed by atoms with Crippen molar-refractivity contribution in [2.24, 2.45) is 7.05 Å². The summed E-state index contributed by atoms with van der Waals surface area (Å²) in [5.74, 6) is -0.0464. The van der Waals surface area contributed by atoms with E-state index in [-0.39, 0.29) is 5.91 Å². The molecule has 2 aromatic rings. The molecule has 1 N–H and O–H groups in total. The molecule has 1 aliphatic heterocycles. The summed E-state index contributed by atoms with van der Waals surface area (Å²) in [7, 11) is 1.92. The number of halogens is 2. The van der Waals surface area contributed by atoms with E-state index in [4.69, 9.17) is 0 Å². The molecule has 3 heterocycles. The van der Waals surface area contributed by atoms with Gasteiger partial charge in [0.25, 0.3) is 5.91 Å². The topological polar surface area (TPSA) is 70.1 Å². The smallest absolute Gasteiger partial charge is 0.275 e. The van der Waals surface area contributed by atoms with E-state index >= 15 is 0 Å². The minimum absolute atomic E-state index is 0.0464. The van der Waals surface area contributed by atoms with Gasteiger partial charge in [0.05, 0.1) is 10.7 Å². The number of rotatable bonds is 3. The van der Waals surface area contributed by atoms with E-state index in [0.717, 1.165) is 19.6 Å². The van der Waals surface area contributed by atoms with Gasteiger partial charge in [-0.15, -0.1) is 0 Å². The van der Waals surface area contributed by atoms with E-state index in [0.29, 0.717) is 27.9 Å². The molecule has 1 fully saturated rings. The summed E-state index contributed by atoms with van der Waals surface area (Å²) < 4.78 is 3.17. The van der Waals surface area contributed by atoms with Gasteiger partial charge in [-0.1, -0.05) is 0 Å². The molecule has 118 valence electrons. The minimum Gasteiger partial charge on any atom is -0.335 e. The average Bonchev–Trinajstić information content (AvgIpc) is 3.06. The Balaban J connectivity index is 1.57. The highest BCUT2D eigenvalue weighted by Gasteiger charge is 2.26. The van der Waals surface area contributed by atoms with Crippen LogP contribution in [0.2, 0.25) is 0 Å². The molecule has 7 nitrogen and oxygen atoms in total. The fourth-order valence-corrected chi connectivity index (χ4v) is 3.14. The van der Waals surface area contributed by atoms with Crippen LogP contribution in [0.1, 0.15) is 16.1 Å². The summed E-state index contributed by atoms with van der Waals surface area (Å²) in [5.41, 5.74) is 1.62. The molecule has 0 saturated carbocycles. The maximum absolute atomic E-state index is 12.5. The average molecular weight is 432 g/mol. The number of H-pyrrole nitrogens is 1. The zero-order chi connectivity index (χ0) is 15.7. The first-order chi connectivity index (χ1) is 10.5. The van der Waals surface area contributed by atoms with E-state index < -0.39 is 0 Å². The Morgan fingerprint density at radius 1 is 1.32 bits per heavy atom. The number of piperazine rings is 1. The van der Waals surface area contributed by atoms with Crippen molar-refractivity contribution in [3.63, 3.8) is 0 Å². The van der Waals surface area contributed by atoms with Gasteiger partial charge in [-0.2, -0.15) is 10.2 Å². The number of hydrogen-bond donors (Lipinski definition) is 1. The van der Waals surface area contributed by atoms with Gasteiger partial charge in [0.15, 0.2) is 5.69 Å². The summed E-state index contributed by atoms with van der Waals surface area (Å²) in [5, 5.41) is 11.0. The molecule has 1 saturated heterocycles. The predicted octanol–water partition coefficient (Wildman–Crippen LogP) is 1.63. The predicted molar refractivity (Wildman–Crippen MR) is 88.4 cm³/mol. The minimum atomic E-state index is -0.0464. The molecule has 1 aliphatic rings. The molecule has 22 heavy (non-hydrogen) atoms. The Kier molecular flexibility index (Phi) is 4.65. The lowest BCUT2D eigenvalue weighted by Crippen LogP contribution is -2.48. The molecule has 0 aliphatic carbocycles. The fourth-order valence-electron chi connectivity index (χ4n) is 2.52. The van der Waals surface area contributed by atoms with Crippen LogP contribution < -0.4 is 0 Å². The molecular weight excluding hydrogens is 416 g/mol. The quantitative estimate of drug-likeness (QED) is 0.801. The normalized spacial score (nSPS) is 16.2. The summed E-state index contributed by atoms with van der Waals surface area (Å²) in [6, 6.07) is 0. The van der Waals surface area contributed by atoms with Crippen LogP contribution in [0.5, 0.6) is 0 Å². The molecule has 0 aromatic carbocycles. The van der Waals surface area contributed by atoms with Crippen molar-refractivity contribution in [2.45, 2.75) is 6.54 Å².